The van der Waals surface area contributed by atoms with Crippen LogP contribution in [0.5, 0.6) is 11.5 Å². The normalized spacial score (nSPS) is 10.2. The number of methoxy groups -OCH3 is 1. The average molecular weight is 444 g/mol. The third-order valence-electron chi connectivity index (χ3n) is 4.31. The zero-order chi connectivity index (χ0) is 22.6. The molecule has 0 bridgehead atoms. The first-order valence-corrected chi connectivity index (χ1v) is 10.7. The highest BCUT2D eigenvalue weighted by atomic mass is 32.1. The monoisotopic (exact) mass is 443 g/mol. The Hall–Kier alpha value is -3.13. The molecule has 0 fully saturated rings. The van der Waals surface area contributed by atoms with Crippen molar-refractivity contribution in [3.63, 3.8) is 0 Å². The Bertz CT molecular complexity index is 900. The third kappa shape index (κ3) is 7.90. The van der Waals surface area contributed by atoms with Gasteiger partial charge in [0, 0.05) is 23.7 Å². The molecule has 0 aliphatic heterocycles. The van der Waals surface area contributed by atoms with E-state index in [0.29, 0.717) is 41.5 Å². The molecule has 7 nitrogen and oxygen atoms in total. The Balaban J connectivity index is 1.95. The van der Waals surface area contributed by atoms with Crippen molar-refractivity contribution < 1.29 is 19.1 Å². The Kier molecular flexibility index (Phi) is 9.77. The number of carbonyl (C=O) groups excluding carboxylic acids is 2. The van der Waals surface area contributed by atoms with Gasteiger partial charge in [-0.1, -0.05) is 20.3 Å². The lowest BCUT2D eigenvalue weighted by Gasteiger charge is -2.14. The predicted molar refractivity (Wildman–Crippen MR) is 127 cm³/mol. The van der Waals surface area contributed by atoms with Crippen molar-refractivity contribution in [1.82, 2.24) is 5.32 Å². The molecule has 0 heterocycles. The van der Waals surface area contributed by atoms with Crippen LogP contribution < -0.4 is 25.4 Å². The zero-order valence-electron chi connectivity index (χ0n) is 18.1. The Morgan fingerprint density at radius 1 is 1.00 bits per heavy atom. The molecule has 0 unspecified atom stereocenters. The summed E-state index contributed by atoms with van der Waals surface area (Å²) in [5, 5.41) is 8.59. The maximum Gasteiger partial charge on any atom is 0.257 e. The van der Waals surface area contributed by atoms with Crippen LogP contribution in [0.1, 0.15) is 49.9 Å². The quantitative estimate of drug-likeness (QED) is 0.460. The van der Waals surface area contributed by atoms with Crippen molar-refractivity contribution in [1.29, 1.82) is 0 Å². The predicted octanol–water partition coefficient (Wildman–Crippen LogP) is 4.74. The van der Waals surface area contributed by atoms with Gasteiger partial charge in [-0.25, -0.2) is 0 Å². The number of nitrogens with one attached hydrogen (secondary N) is 3. The Labute approximate surface area is 188 Å². The molecular weight excluding hydrogens is 414 g/mol. The molecule has 0 spiro atoms. The van der Waals surface area contributed by atoms with Crippen LogP contribution in [0.25, 0.3) is 0 Å². The second kappa shape index (κ2) is 12.5. The minimum Gasteiger partial charge on any atom is -0.494 e. The molecule has 2 aromatic rings. The van der Waals surface area contributed by atoms with E-state index in [-0.39, 0.29) is 16.9 Å². The first-order valence-electron chi connectivity index (χ1n) is 10.3. The fourth-order valence-electron chi connectivity index (χ4n) is 2.68. The van der Waals surface area contributed by atoms with E-state index in [1.54, 1.807) is 42.5 Å². The third-order valence-corrected chi connectivity index (χ3v) is 4.51. The van der Waals surface area contributed by atoms with Crippen molar-refractivity contribution in [3.8, 4) is 11.5 Å². The molecule has 8 heteroatoms. The molecule has 0 aromatic heterocycles. The maximum absolute atomic E-state index is 12.4. The average Bonchev–Trinajstić information content (AvgIpc) is 2.77. The standard InChI is InChI=1S/C23H29N3O4S/c1-4-6-7-21(27)25-19-13-10-17(15-20(19)29-3)24-23(31)26-22(28)16-8-11-18(12-9-16)30-14-5-2/h8-13,15H,4-7,14H2,1-3H3,(H,25,27)(H2,24,26,28,31). The smallest absolute Gasteiger partial charge is 0.257 e. The summed E-state index contributed by atoms with van der Waals surface area (Å²) in [5.41, 5.74) is 1.67. The molecular formula is C23H29N3O4S. The summed E-state index contributed by atoms with van der Waals surface area (Å²) < 4.78 is 10.9. The number of anilines is 2. The first-order chi connectivity index (χ1) is 15.0. The van der Waals surface area contributed by atoms with E-state index in [9.17, 15) is 9.59 Å². The van der Waals surface area contributed by atoms with Crippen LogP contribution in [-0.4, -0.2) is 30.6 Å². The van der Waals surface area contributed by atoms with Gasteiger partial charge in [-0.15, -0.1) is 0 Å². The van der Waals surface area contributed by atoms with Gasteiger partial charge in [0.25, 0.3) is 5.91 Å². The van der Waals surface area contributed by atoms with E-state index in [0.717, 1.165) is 19.3 Å². The summed E-state index contributed by atoms with van der Waals surface area (Å²) in [6.45, 7) is 4.69. The molecule has 0 saturated heterocycles. The van der Waals surface area contributed by atoms with E-state index in [1.165, 1.54) is 7.11 Å². The van der Waals surface area contributed by atoms with Gasteiger partial charge in [-0.2, -0.15) is 0 Å². The lowest BCUT2D eigenvalue weighted by atomic mass is 10.2. The lowest BCUT2D eigenvalue weighted by Crippen LogP contribution is -2.34. The summed E-state index contributed by atoms with van der Waals surface area (Å²) in [5.74, 6) is 0.820. The van der Waals surface area contributed by atoms with E-state index in [4.69, 9.17) is 21.7 Å². The van der Waals surface area contributed by atoms with Gasteiger partial charge < -0.3 is 20.1 Å². The fourth-order valence-corrected chi connectivity index (χ4v) is 2.89. The summed E-state index contributed by atoms with van der Waals surface area (Å²) in [6.07, 6.45) is 3.16. The van der Waals surface area contributed by atoms with Gasteiger partial charge in [-0.3, -0.25) is 14.9 Å². The number of thiocarbonyl (C=S) groups is 1. The fraction of sp³-hybridized carbons (Fsp3) is 0.348. The summed E-state index contributed by atoms with van der Waals surface area (Å²) >= 11 is 5.25. The van der Waals surface area contributed by atoms with E-state index >= 15 is 0 Å². The SMILES string of the molecule is CCCCC(=O)Nc1ccc(NC(=S)NC(=O)c2ccc(OCCC)cc2)cc1OC. The number of hydrogen-bond acceptors (Lipinski definition) is 5. The molecule has 0 aliphatic rings. The van der Waals surface area contributed by atoms with Crippen LogP contribution in [0.15, 0.2) is 42.5 Å². The minimum atomic E-state index is -0.327. The Morgan fingerprint density at radius 2 is 1.74 bits per heavy atom. The van der Waals surface area contributed by atoms with Gasteiger partial charge in [0.05, 0.1) is 19.4 Å². The van der Waals surface area contributed by atoms with E-state index in [1.807, 2.05) is 13.8 Å². The van der Waals surface area contributed by atoms with Crippen molar-refractivity contribution in [2.24, 2.45) is 0 Å². The number of hydrogen-bond donors (Lipinski definition) is 3. The molecule has 3 N–H and O–H groups in total. The largest absolute Gasteiger partial charge is 0.494 e. The lowest BCUT2D eigenvalue weighted by molar-refractivity contribution is -0.116. The molecule has 2 amide bonds. The zero-order valence-corrected chi connectivity index (χ0v) is 18.9. The molecule has 0 radical (unpaired) electrons. The summed E-state index contributed by atoms with van der Waals surface area (Å²) in [6, 6.07) is 12.0. The molecule has 2 rings (SSSR count). The van der Waals surface area contributed by atoms with Crippen LogP contribution in [0, 0.1) is 0 Å². The summed E-state index contributed by atoms with van der Waals surface area (Å²) in [7, 11) is 1.52. The highest BCUT2D eigenvalue weighted by molar-refractivity contribution is 7.80. The number of amides is 2. The molecule has 31 heavy (non-hydrogen) atoms. The van der Waals surface area contributed by atoms with E-state index in [2.05, 4.69) is 16.0 Å². The van der Waals surface area contributed by atoms with Crippen molar-refractivity contribution in [3.05, 3.63) is 48.0 Å². The van der Waals surface area contributed by atoms with Gasteiger partial charge >= 0.3 is 0 Å². The Morgan fingerprint density at radius 3 is 2.39 bits per heavy atom. The molecule has 0 aliphatic carbocycles. The number of carbonyl (C=O) groups is 2. The maximum atomic E-state index is 12.4. The highest BCUT2D eigenvalue weighted by Crippen LogP contribution is 2.28. The topological polar surface area (TPSA) is 88.7 Å². The highest BCUT2D eigenvalue weighted by Gasteiger charge is 2.11. The molecule has 0 atom stereocenters. The first kappa shape index (κ1) is 24.1. The van der Waals surface area contributed by atoms with Gasteiger partial charge in [0.15, 0.2) is 5.11 Å². The van der Waals surface area contributed by atoms with Crippen LogP contribution in [0.3, 0.4) is 0 Å². The molecule has 2 aromatic carbocycles. The van der Waals surface area contributed by atoms with Crippen molar-refractivity contribution >= 4 is 40.5 Å². The molecule has 166 valence electrons. The number of ether oxygens (including phenoxy) is 2. The minimum absolute atomic E-state index is 0.0604. The number of benzene rings is 2. The number of rotatable bonds is 10. The second-order valence-electron chi connectivity index (χ2n) is 6.85. The van der Waals surface area contributed by atoms with Gasteiger partial charge in [0.2, 0.25) is 5.91 Å². The number of unbranched alkanes of at least 4 members (excludes halogenated alkanes) is 1. The summed E-state index contributed by atoms with van der Waals surface area (Å²) in [4.78, 5) is 24.4. The van der Waals surface area contributed by atoms with Gasteiger partial charge in [0.1, 0.15) is 11.5 Å². The van der Waals surface area contributed by atoms with Crippen LogP contribution in [0.4, 0.5) is 11.4 Å². The molecule has 0 saturated carbocycles. The van der Waals surface area contributed by atoms with E-state index < -0.39 is 0 Å². The van der Waals surface area contributed by atoms with Crippen LogP contribution >= 0.6 is 12.2 Å². The van der Waals surface area contributed by atoms with Gasteiger partial charge in [-0.05, 0) is 61.5 Å². The second-order valence-corrected chi connectivity index (χ2v) is 7.26. The van der Waals surface area contributed by atoms with Crippen LogP contribution in [0.2, 0.25) is 0 Å². The van der Waals surface area contributed by atoms with Crippen molar-refractivity contribution in [2.45, 2.75) is 39.5 Å². The van der Waals surface area contributed by atoms with Crippen molar-refractivity contribution in [2.75, 3.05) is 24.4 Å². The van der Waals surface area contributed by atoms with Crippen LogP contribution in [-0.2, 0) is 4.79 Å².